The van der Waals surface area contributed by atoms with Gasteiger partial charge in [-0.05, 0) is 18.4 Å². The summed E-state index contributed by atoms with van der Waals surface area (Å²) >= 11 is 0. The third-order valence-electron chi connectivity index (χ3n) is 2.59. The Morgan fingerprint density at radius 1 is 1.30 bits per heavy atom. The number of alkyl carbamates (subject to hydrolysis) is 1. The number of unbranched alkanes of at least 4 members (excludes halogenated alkanes) is 2. The Morgan fingerprint density at radius 3 is 2.60 bits per heavy atom. The van der Waals surface area contributed by atoms with Crippen molar-refractivity contribution in [3.05, 3.63) is 47.7 Å². The summed E-state index contributed by atoms with van der Waals surface area (Å²) in [6, 6.07) is 9.18. The van der Waals surface area contributed by atoms with E-state index in [9.17, 15) is 9.59 Å². The number of carboxylic acid groups (broad SMARTS) is 1. The summed E-state index contributed by atoms with van der Waals surface area (Å²) in [5.41, 5.74) is 0.700. The van der Waals surface area contributed by atoms with Crippen molar-refractivity contribution in [2.75, 3.05) is 0 Å². The zero-order chi connectivity index (χ0) is 14.8. The van der Waals surface area contributed by atoms with E-state index in [-0.39, 0.29) is 12.3 Å². The molecule has 5 nitrogen and oxygen atoms in total. The van der Waals surface area contributed by atoms with Crippen LogP contribution in [0.1, 0.15) is 31.7 Å². The molecule has 0 aliphatic heterocycles. The number of benzene rings is 1. The molecular formula is C15H19NO4. The molecule has 1 rings (SSSR count). The molecule has 0 unspecified atom stereocenters. The Bertz CT molecular complexity index is 468. The van der Waals surface area contributed by atoms with Crippen molar-refractivity contribution in [3.63, 3.8) is 0 Å². The number of carboxylic acids is 1. The van der Waals surface area contributed by atoms with Gasteiger partial charge in [-0.25, -0.2) is 9.59 Å². The molecule has 0 atom stereocenters. The van der Waals surface area contributed by atoms with Gasteiger partial charge < -0.3 is 9.84 Å². The SMILES string of the molecule is CCCCC=C(NC(=O)OCc1ccccc1)C(=O)O. The molecule has 1 amide bonds. The number of nitrogens with one attached hydrogen (secondary N) is 1. The van der Waals surface area contributed by atoms with Crippen molar-refractivity contribution in [1.29, 1.82) is 0 Å². The average molecular weight is 277 g/mol. The first-order valence-corrected chi connectivity index (χ1v) is 6.54. The zero-order valence-electron chi connectivity index (χ0n) is 11.5. The molecule has 0 saturated carbocycles. The van der Waals surface area contributed by atoms with Crippen molar-refractivity contribution in [2.45, 2.75) is 32.8 Å². The van der Waals surface area contributed by atoms with Crippen molar-refractivity contribution < 1.29 is 19.4 Å². The Kier molecular flexibility index (Phi) is 6.89. The minimum absolute atomic E-state index is 0.106. The van der Waals surface area contributed by atoms with Crippen molar-refractivity contribution >= 4 is 12.1 Å². The largest absolute Gasteiger partial charge is 0.477 e. The number of rotatable bonds is 7. The third kappa shape index (κ3) is 6.04. The third-order valence-corrected chi connectivity index (χ3v) is 2.59. The minimum atomic E-state index is -1.17. The van der Waals surface area contributed by atoms with Crippen LogP contribution in [0.4, 0.5) is 4.79 Å². The lowest BCUT2D eigenvalue weighted by atomic mass is 10.2. The lowest BCUT2D eigenvalue weighted by Gasteiger charge is -2.07. The molecule has 0 saturated heterocycles. The van der Waals surface area contributed by atoms with E-state index in [2.05, 4.69) is 5.32 Å². The number of allylic oxidation sites excluding steroid dienone is 1. The second-order valence-electron chi connectivity index (χ2n) is 4.25. The molecule has 0 bridgehead atoms. The highest BCUT2D eigenvalue weighted by atomic mass is 16.5. The van der Waals surface area contributed by atoms with Gasteiger partial charge in [0.05, 0.1) is 0 Å². The highest BCUT2D eigenvalue weighted by molar-refractivity contribution is 5.90. The van der Waals surface area contributed by atoms with Crippen LogP contribution in [0.25, 0.3) is 0 Å². The lowest BCUT2D eigenvalue weighted by molar-refractivity contribution is -0.133. The van der Waals surface area contributed by atoms with Crippen LogP contribution in [-0.2, 0) is 16.1 Å². The molecular weight excluding hydrogens is 258 g/mol. The van der Waals surface area contributed by atoms with E-state index in [1.54, 1.807) is 0 Å². The second-order valence-corrected chi connectivity index (χ2v) is 4.25. The Labute approximate surface area is 118 Å². The maximum Gasteiger partial charge on any atom is 0.412 e. The first-order chi connectivity index (χ1) is 9.63. The fraction of sp³-hybridized carbons (Fsp3) is 0.333. The molecule has 0 radical (unpaired) electrons. The van der Waals surface area contributed by atoms with Gasteiger partial charge in [-0.15, -0.1) is 0 Å². The smallest absolute Gasteiger partial charge is 0.412 e. The summed E-state index contributed by atoms with van der Waals surface area (Å²) in [5, 5.41) is 11.2. The Morgan fingerprint density at radius 2 is 2.00 bits per heavy atom. The standard InChI is InChI=1S/C15H19NO4/c1-2-3-5-10-13(14(17)18)16-15(19)20-11-12-8-6-4-7-9-12/h4,6-10H,2-3,5,11H2,1H3,(H,16,19)(H,17,18). The van der Waals surface area contributed by atoms with E-state index in [4.69, 9.17) is 9.84 Å². The molecule has 0 fully saturated rings. The van der Waals surface area contributed by atoms with Gasteiger partial charge in [0.15, 0.2) is 0 Å². The highest BCUT2D eigenvalue weighted by Gasteiger charge is 2.11. The van der Waals surface area contributed by atoms with Crippen molar-refractivity contribution in [3.8, 4) is 0 Å². The monoisotopic (exact) mass is 277 g/mol. The summed E-state index contributed by atoms with van der Waals surface area (Å²) in [7, 11) is 0. The van der Waals surface area contributed by atoms with Crippen LogP contribution >= 0.6 is 0 Å². The Hall–Kier alpha value is -2.30. The van der Waals surface area contributed by atoms with E-state index in [0.717, 1.165) is 18.4 Å². The molecule has 0 heterocycles. The molecule has 2 N–H and O–H groups in total. The zero-order valence-corrected chi connectivity index (χ0v) is 11.5. The number of aliphatic carboxylic acids is 1. The van der Waals surface area contributed by atoms with Gasteiger partial charge in [0.25, 0.3) is 0 Å². The number of carbonyl (C=O) groups excluding carboxylic acids is 1. The second kappa shape index (κ2) is 8.74. The van der Waals surface area contributed by atoms with Crippen molar-refractivity contribution in [2.24, 2.45) is 0 Å². The van der Waals surface area contributed by atoms with Gasteiger partial charge in [0.2, 0.25) is 0 Å². The maximum absolute atomic E-state index is 11.5. The molecule has 108 valence electrons. The van der Waals surface area contributed by atoms with Crippen LogP contribution in [0.15, 0.2) is 42.1 Å². The summed E-state index contributed by atoms with van der Waals surface area (Å²) in [6.07, 6.45) is 3.17. The van der Waals surface area contributed by atoms with Gasteiger partial charge >= 0.3 is 12.1 Å². The van der Waals surface area contributed by atoms with Gasteiger partial charge in [-0.3, -0.25) is 5.32 Å². The van der Waals surface area contributed by atoms with Crippen LogP contribution < -0.4 is 5.32 Å². The fourth-order valence-electron chi connectivity index (χ4n) is 1.51. The van der Waals surface area contributed by atoms with E-state index in [1.165, 1.54) is 6.08 Å². The van der Waals surface area contributed by atoms with E-state index in [0.29, 0.717) is 6.42 Å². The molecule has 5 heteroatoms. The molecule has 0 aromatic heterocycles. The van der Waals surface area contributed by atoms with Crippen LogP contribution in [0.3, 0.4) is 0 Å². The van der Waals surface area contributed by atoms with Crippen LogP contribution in [0, 0.1) is 0 Å². The summed E-state index contributed by atoms with van der Waals surface area (Å²) in [5.74, 6) is -1.17. The maximum atomic E-state index is 11.5. The number of ether oxygens (including phenoxy) is 1. The topological polar surface area (TPSA) is 75.6 Å². The molecule has 0 aliphatic carbocycles. The van der Waals surface area contributed by atoms with Gasteiger partial charge in [0.1, 0.15) is 12.3 Å². The molecule has 1 aromatic carbocycles. The number of hydrogen-bond acceptors (Lipinski definition) is 3. The van der Waals surface area contributed by atoms with Gasteiger partial charge in [-0.2, -0.15) is 0 Å². The van der Waals surface area contributed by atoms with E-state index >= 15 is 0 Å². The van der Waals surface area contributed by atoms with E-state index in [1.807, 2.05) is 37.3 Å². The quantitative estimate of drug-likeness (QED) is 0.593. The van der Waals surface area contributed by atoms with Gasteiger partial charge in [-0.1, -0.05) is 49.8 Å². The normalized spacial score (nSPS) is 10.9. The first kappa shape index (κ1) is 15.8. The van der Waals surface area contributed by atoms with Crippen molar-refractivity contribution in [1.82, 2.24) is 5.32 Å². The molecule has 1 aromatic rings. The molecule has 20 heavy (non-hydrogen) atoms. The van der Waals surface area contributed by atoms with Crippen LogP contribution in [-0.4, -0.2) is 17.2 Å². The minimum Gasteiger partial charge on any atom is -0.477 e. The summed E-state index contributed by atoms with van der Waals surface area (Å²) in [4.78, 5) is 22.5. The summed E-state index contributed by atoms with van der Waals surface area (Å²) in [6.45, 7) is 2.12. The predicted octanol–water partition coefficient (Wildman–Crippen LogP) is 3.07. The van der Waals surface area contributed by atoms with Crippen LogP contribution in [0.2, 0.25) is 0 Å². The summed E-state index contributed by atoms with van der Waals surface area (Å²) < 4.78 is 4.96. The van der Waals surface area contributed by atoms with Gasteiger partial charge in [0, 0.05) is 0 Å². The Balaban J connectivity index is 2.46. The molecule has 0 spiro atoms. The fourth-order valence-corrected chi connectivity index (χ4v) is 1.51. The van der Waals surface area contributed by atoms with Crippen LogP contribution in [0.5, 0.6) is 0 Å². The highest BCUT2D eigenvalue weighted by Crippen LogP contribution is 2.03. The lowest BCUT2D eigenvalue weighted by Crippen LogP contribution is -2.27. The number of carbonyl (C=O) groups is 2. The number of amides is 1. The average Bonchev–Trinajstić information content (AvgIpc) is 2.45. The predicted molar refractivity (Wildman–Crippen MR) is 75.0 cm³/mol. The first-order valence-electron chi connectivity index (χ1n) is 6.54. The molecule has 0 aliphatic rings. The van der Waals surface area contributed by atoms with E-state index < -0.39 is 12.1 Å². The number of hydrogen-bond donors (Lipinski definition) is 2.